The van der Waals surface area contributed by atoms with Crippen LogP contribution in [0.5, 0.6) is 5.75 Å². The predicted octanol–water partition coefficient (Wildman–Crippen LogP) is 4.71. The van der Waals surface area contributed by atoms with Crippen molar-refractivity contribution in [1.82, 2.24) is 19.7 Å². The summed E-state index contributed by atoms with van der Waals surface area (Å²) in [5.41, 5.74) is 6.52. The Morgan fingerprint density at radius 3 is 2.66 bits per heavy atom. The van der Waals surface area contributed by atoms with E-state index in [1.165, 1.54) is 5.56 Å². The van der Waals surface area contributed by atoms with Crippen molar-refractivity contribution in [2.45, 2.75) is 20.4 Å². The van der Waals surface area contributed by atoms with Crippen molar-refractivity contribution >= 4 is 21.9 Å². The summed E-state index contributed by atoms with van der Waals surface area (Å²) >= 11 is 0. The Morgan fingerprint density at radius 2 is 1.93 bits per heavy atom. The number of ether oxygens (including phenoxy) is 1. The van der Waals surface area contributed by atoms with Gasteiger partial charge in [-0.1, -0.05) is 35.5 Å². The van der Waals surface area contributed by atoms with Gasteiger partial charge in [0, 0.05) is 17.5 Å². The van der Waals surface area contributed by atoms with E-state index in [1.807, 2.05) is 48.7 Å². The molecule has 3 heterocycles. The maximum Gasteiger partial charge on any atom is 0.177 e. The lowest BCUT2D eigenvalue weighted by Crippen LogP contribution is -1.99. The van der Waals surface area contributed by atoms with E-state index in [9.17, 15) is 0 Å². The highest BCUT2D eigenvalue weighted by Crippen LogP contribution is 2.38. The van der Waals surface area contributed by atoms with E-state index in [4.69, 9.17) is 9.26 Å². The summed E-state index contributed by atoms with van der Waals surface area (Å²) in [7, 11) is 1.67. The zero-order valence-corrected chi connectivity index (χ0v) is 16.4. The minimum atomic E-state index is 0.685. The van der Waals surface area contributed by atoms with E-state index < -0.39 is 0 Å². The average molecular weight is 383 g/mol. The standard InChI is InChI=1S/C23H19N4O2/c1-14-22(15(2)29-26-14)18-9-19-17(10-21(18)28-3)23-20(11-24-19)25-13-27(23)12-16-7-5-4-6-8-16/h4-11H,12H2,1-3H3. The first-order valence-corrected chi connectivity index (χ1v) is 9.37. The van der Waals surface area contributed by atoms with E-state index in [0.717, 1.165) is 50.3 Å². The third-order valence-electron chi connectivity index (χ3n) is 5.19. The van der Waals surface area contributed by atoms with Gasteiger partial charge in [-0.2, -0.15) is 0 Å². The quantitative estimate of drug-likeness (QED) is 0.449. The molecule has 0 aliphatic heterocycles. The van der Waals surface area contributed by atoms with Crippen LogP contribution >= 0.6 is 0 Å². The minimum Gasteiger partial charge on any atom is -0.496 e. The highest BCUT2D eigenvalue weighted by atomic mass is 16.5. The number of hydrogen-bond acceptors (Lipinski definition) is 5. The Kier molecular flexibility index (Phi) is 4.05. The molecule has 29 heavy (non-hydrogen) atoms. The Bertz CT molecular complexity index is 1320. The summed E-state index contributed by atoms with van der Waals surface area (Å²) in [5, 5.41) is 5.05. The van der Waals surface area contributed by atoms with Gasteiger partial charge in [-0.05, 0) is 31.5 Å². The molecule has 0 spiro atoms. The molecule has 0 bridgehead atoms. The molecule has 0 aliphatic rings. The number of imidazole rings is 1. The van der Waals surface area contributed by atoms with Gasteiger partial charge in [-0.15, -0.1) is 0 Å². The molecule has 2 aromatic carbocycles. The Morgan fingerprint density at radius 1 is 1.10 bits per heavy atom. The van der Waals surface area contributed by atoms with Gasteiger partial charge in [0.15, 0.2) is 6.33 Å². The number of benzene rings is 2. The van der Waals surface area contributed by atoms with E-state index in [1.54, 1.807) is 13.3 Å². The molecule has 3 aromatic heterocycles. The van der Waals surface area contributed by atoms with Crippen molar-refractivity contribution in [3.05, 3.63) is 72.0 Å². The second-order valence-corrected chi connectivity index (χ2v) is 7.04. The van der Waals surface area contributed by atoms with Gasteiger partial charge in [0.1, 0.15) is 17.0 Å². The van der Waals surface area contributed by atoms with Crippen LogP contribution in [0.4, 0.5) is 0 Å². The van der Waals surface area contributed by atoms with Gasteiger partial charge in [-0.25, -0.2) is 4.98 Å². The molecule has 5 rings (SSSR count). The van der Waals surface area contributed by atoms with Crippen LogP contribution in [0, 0.1) is 20.2 Å². The maximum absolute atomic E-state index is 5.73. The zero-order valence-electron chi connectivity index (χ0n) is 16.4. The average Bonchev–Trinajstić information content (AvgIpc) is 3.30. The number of aryl methyl sites for hydroxylation is 2. The number of rotatable bonds is 4. The number of hydrogen-bond donors (Lipinski definition) is 0. The fourth-order valence-corrected chi connectivity index (χ4v) is 3.84. The molecule has 5 aromatic rings. The first kappa shape index (κ1) is 17.4. The van der Waals surface area contributed by atoms with Crippen molar-refractivity contribution < 1.29 is 9.26 Å². The van der Waals surface area contributed by atoms with Crippen LogP contribution < -0.4 is 4.74 Å². The molecule has 0 saturated heterocycles. The van der Waals surface area contributed by atoms with Crippen LogP contribution in [-0.4, -0.2) is 26.8 Å². The molecule has 0 atom stereocenters. The SMILES string of the molecule is COc1cc2c(cc1-c1c(C)noc1C)ncc1n[c]n(Cc3ccccc3)c12. The molecule has 0 N–H and O–H groups in total. The fourth-order valence-electron chi connectivity index (χ4n) is 3.84. The van der Waals surface area contributed by atoms with Crippen LogP contribution in [0.15, 0.2) is 53.2 Å². The first-order chi connectivity index (χ1) is 14.2. The second-order valence-electron chi connectivity index (χ2n) is 7.04. The highest BCUT2D eigenvalue weighted by molar-refractivity contribution is 6.04. The largest absolute Gasteiger partial charge is 0.496 e. The van der Waals surface area contributed by atoms with Gasteiger partial charge in [0.05, 0.1) is 35.6 Å². The van der Waals surface area contributed by atoms with Crippen molar-refractivity contribution in [2.24, 2.45) is 0 Å². The van der Waals surface area contributed by atoms with E-state index in [0.29, 0.717) is 6.54 Å². The fraction of sp³-hybridized carbons (Fsp3) is 0.174. The number of fused-ring (bicyclic) bond motifs is 3. The van der Waals surface area contributed by atoms with Crippen molar-refractivity contribution in [3.63, 3.8) is 0 Å². The first-order valence-electron chi connectivity index (χ1n) is 9.37. The summed E-state index contributed by atoms with van der Waals surface area (Å²) in [4.78, 5) is 9.06. The Balaban J connectivity index is 1.74. The molecule has 0 saturated carbocycles. The van der Waals surface area contributed by atoms with Crippen LogP contribution in [0.3, 0.4) is 0 Å². The second kappa shape index (κ2) is 6.74. The lowest BCUT2D eigenvalue weighted by atomic mass is 10.0. The predicted molar refractivity (Wildman–Crippen MR) is 111 cm³/mol. The molecule has 0 amide bonds. The molecule has 6 heteroatoms. The normalized spacial score (nSPS) is 11.4. The molecular formula is C23H19N4O2. The van der Waals surface area contributed by atoms with Gasteiger partial charge in [0.2, 0.25) is 0 Å². The van der Waals surface area contributed by atoms with Crippen molar-refractivity contribution in [1.29, 1.82) is 0 Å². The summed E-state index contributed by atoms with van der Waals surface area (Å²) in [6.07, 6.45) is 4.90. The number of nitrogens with zero attached hydrogens (tertiary/aromatic N) is 4. The van der Waals surface area contributed by atoms with E-state index in [-0.39, 0.29) is 0 Å². The molecule has 0 aliphatic carbocycles. The van der Waals surface area contributed by atoms with E-state index in [2.05, 4.69) is 33.6 Å². The van der Waals surface area contributed by atoms with Crippen LogP contribution in [-0.2, 0) is 6.54 Å². The summed E-state index contributed by atoms with van der Waals surface area (Å²) in [6.45, 7) is 4.51. The topological polar surface area (TPSA) is 66.0 Å². The summed E-state index contributed by atoms with van der Waals surface area (Å²) in [6, 6.07) is 14.3. The lowest BCUT2D eigenvalue weighted by Gasteiger charge is -2.12. The molecule has 6 nitrogen and oxygen atoms in total. The zero-order chi connectivity index (χ0) is 20.0. The van der Waals surface area contributed by atoms with Gasteiger partial charge < -0.3 is 13.8 Å². The number of pyridine rings is 1. The van der Waals surface area contributed by atoms with E-state index >= 15 is 0 Å². The third kappa shape index (κ3) is 2.84. The lowest BCUT2D eigenvalue weighted by molar-refractivity contribution is 0.393. The monoisotopic (exact) mass is 383 g/mol. The van der Waals surface area contributed by atoms with Crippen LogP contribution in [0.1, 0.15) is 17.0 Å². The smallest absolute Gasteiger partial charge is 0.177 e. The van der Waals surface area contributed by atoms with Crippen LogP contribution in [0.25, 0.3) is 33.1 Å². The van der Waals surface area contributed by atoms with Crippen molar-refractivity contribution in [3.8, 4) is 16.9 Å². The Hall–Kier alpha value is -3.67. The van der Waals surface area contributed by atoms with Crippen molar-refractivity contribution in [2.75, 3.05) is 7.11 Å². The molecule has 0 fully saturated rings. The molecular weight excluding hydrogens is 364 g/mol. The van der Waals surface area contributed by atoms with Gasteiger partial charge in [0.25, 0.3) is 0 Å². The summed E-state index contributed by atoms with van der Waals surface area (Å²) in [5.74, 6) is 1.50. The number of methoxy groups -OCH3 is 1. The molecule has 143 valence electrons. The minimum absolute atomic E-state index is 0.685. The summed E-state index contributed by atoms with van der Waals surface area (Å²) < 4.78 is 13.1. The van der Waals surface area contributed by atoms with Crippen LogP contribution in [0.2, 0.25) is 0 Å². The van der Waals surface area contributed by atoms with Gasteiger partial charge >= 0.3 is 0 Å². The Labute approximate surface area is 167 Å². The highest BCUT2D eigenvalue weighted by Gasteiger charge is 2.19. The molecule has 0 unspecified atom stereocenters. The van der Waals surface area contributed by atoms with Gasteiger partial charge in [-0.3, -0.25) is 4.98 Å². The maximum atomic E-state index is 5.73. The molecule has 1 radical (unpaired) electrons. The third-order valence-corrected chi connectivity index (χ3v) is 5.19. The number of aromatic nitrogens is 4.